The summed E-state index contributed by atoms with van der Waals surface area (Å²) in [5.74, 6) is 6.02. The first-order valence-corrected chi connectivity index (χ1v) is 23.6. The van der Waals surface area contributed by atoms with E-state index in [2.05, 4.69) is 189 Å². The molecule has 4 saturated carbocycles. The highest BCUT2D eigenvalue weighted by molar-refractivity contribution is 5.97. The number of hydrogen-bond acceptors (Lipinski definition) is 1. The van der Waals surface area contributed by atoms with Crippen LogP contribution in [0.3, 0.4) is 0 Å². The Labute approximate surface area is 374 Å². The number of rotatable bonds is 7. The average molecular weight is 814 g/mol. The van der Waals surface area contributed by atoms with Gasteiger partial charge in [0, 0.05) is 27.8 Å². The van der Waals surface area contributed by atoms with Gasteiger partial charge >= 0.3 is 0 Å². The fourth-order valence-corrected chi connectivity index (χ4v) is 14.1. The molecule has 7 aliphatic carbocycles. The molecule has 63 heavy (non-hydrogen) atoms. The predicted molar refractivity (Wildman–Crippen MR) is 264 cm³/mol. The quantitative estimate of drug-likeness (QED) is 0.115. The average Bonchev–Trinajstić information content (AvgIpc) is 3.73. The highest BCUT2D eigenvalue weighted by Crippen LogP contribution is 2.69. The van der Waals surface area contributed by atoms with Crippen LogP contribution in [0.25, 0.3) is 39.0 Å². The third-order valence-corrected chi connectivity index (χ3v) is 16.4. The Kier molecular flexibility index (Phi) is 8.89. The van der Waals surface area contributed by atoms with Crippen molar-refractivity contribution in [2.45, 2.75) is 76.5 Å². The molecule has 308 valence electrons. The van der Waals surface area contributed by atoms with Crippen LogP contribution in [0.15, 0.2) is 175 Å². The topological polar surface area (TPSA) is 3.24 Å². The van der Waals surface area contributed by atoms with Crippen LogP contribution >= 0.6 is 0 Å². The zero-order valence-electron chi connectivity index (χ0n) is 36.9. The molecular formula is C62H55N. The summed E-state index contributed by atoms with van der Waals surface area (Å²) in [6.07, 6.45) is 25.7. The van der Waals surface area contributed by atoms with Gasteiger partial charge in [0.25, 0.3) is 0 Å². The van der Waals surface area contributed by atoms with Gasteiger partial charge in [0.15, 0.2) is 0 Å². The third-order valence-electron chi connectivity index (χ3n) is 16.4. The van der Waals surface area contributed by atoms with Crippen LogP contribution in [0, 0.1) is 36.0 Å². The van der Waals surface area contributed by atoms with Gasteiger partial charge in [-0.3, -0.25) is 0 Å². The lowest BCUT2D eigenvalue weighted by molar-refractivity contribution is -0.0399. The molecule has 0 atom stereocenters. The monoisotopic (exact) mass is 813 g/mol. The molecule has 0 heterocycles. The molecule has 0 aliphatic heterocycles. The van der Waals surface area contributed by atoms with Crippen LogP contribution in [-0.4, -0.2) is 0 Å². The minimum Gasteiger partial charge on any atom is -0.310 e. The van der Waals surface area contributed by atoms with Crippen molar-refractivity contribution < 1.29 is 0 Å². The Balaban J connectivity index is 1.09. The Morgan fingerprint density at radius 2 is 1.16 bits per heavy atom. The number of allylic oxidation sites excluding steroid dienone is 8. The van der Waals surface area contributed by atoms with E-state index < -0.39 is 0 Å². The van der Waals surface area contributed by atoms with Gasteiger partial charge in [-0.25, -0.2) is 0 Å². The van der Waals surface area contributed by atoms with Crippen LogP contribution in [0.4, 0.5) is 17.1 Å². The molecule has 1 nitrogen and oxygen atoms in total. The summed E-state index contributed by atoms with van der Waals surface area (Å²) in [5, 5.41) is 0. The highest BCUT2D eigenvalue weighted by atomic mass is 15.1. The number of anilines is 3. The van der Waals surface area contributed by atoms with Crippen LogP contribution in [-0.2, 0) is 10.8 Å². The standard InChI is InChI=1S/C62H55N/c1-5-17-42(18-6-2)47-19-7-8-20-48(47)49-21-9-10-22-50(49)55-25-13-16-28-60(55)63(45-29-31-53-51-23-11-14-26-56(51)61(3,4)58(53)38-45)46-30-32-54-52-24-12-15-27-57(52)62(59(54)39-46)43-34-40-33-41(36-43)37-44(62)35-40/h1,6,8-18,20-32,38-41,43-44H,7,19,33-37H2,2-4H3/b18-6-,42-17+. The van der Waals surface area contributed by atoms with Crippen LogP contribution in [0.2, 0.25) is 0 Å². The molecule has 0 N–H and O–H groups in total. The van der Waals surface area contributed by atoms with Gasteiger partial charge in [0.05, 0.1) is 5.69 Å². The van der Waals surface area contributed by atoms with Crippen molar-refractivity contribution in [2.24, 2.45) is 23.7 Å². The second-order valence-corrected chi connectivity index (χ2v) is 19.8. The lowest BCUT2D eigenvalue weighted by Gasteiger charge is -2.61. The van der Waals surface area contributed by atoms with E-state index in [1.165, 1.54) is 110 Å². The van der Waals surface area contributed by atoms with Crippen molar-refractivity contribution in [3.63, 3.8) is 0 Å². The molecule has 1 heteroatoms. The summed E-state index contributed by atoms with van der Waals surface area (Å²) in [6.45, 7) is 6.88. The summed E-state index contributed by atoms with van der Waals surface area (Å²) >= 11 is 0. The molecule has 7 aliphatic rings. The molecule has 4 bridgehead atoms. The van der Waals surface area contributed by atoms with E-state index in [4.69, 9.17) is 6.42 Å². The molecule has 13 rings (SSSR count). The molecule has 0 saturated heterocycles. The van der Waals surface area contributed by atoms with Gasteiger partial charge in [-0.15, -0.1) is 6.42 Å². The van der Waals surface area contributed by atoms with Crippen molar-refractivity contribution in [3.8, 4) is 45.7 Å². The fraction of sp³-hybridized carbons (Fsp3) is 0.258. The van der Waals surface area contributed by atoms with E-state index in [9.17, 15) is 0 Å². The molecule has 0 aromatic heterocycles. The first-order chi connectivity index (χ1) is 30.9. The van der Waals surface area contributed by atoms with Crippen LogP contribution in [0.1, 0.15) is 93.5 Å². The van der Waals surface area contributed by atoms with E-state index in [1.807, 2.05) is 6.08 Å². The summed E-state index contributed by atoms with van der Waals surface area (Å²) in [6, 6.07) is 51.6. The summed E-state index contributed by atoms with van der Waals surface area (Å²) in [4.78, 5) is 2.61. The normalized spacial score (nSPS) is 24.4. The van der Waals surface area contributed by atoms with Gasteiger partial charge in [0.1, 0.15) is 0 Å². The number of terminal acetylenes is 1. The smallest absolute Gasteiger partial charge is 0.0540 e. The largest absolute Gasteiger partial charge is 0.310 e. The van der Waals surface area contributed by atoms with E-state index in [-0.39, 0.29) is 10.8 Å². The van der Waals surface area contributed by atoms with Gasteiger partial charge in [-0.1, -0.05) is 147 Å². The first kappa shape index (κ1) is 38.3. The highest BCUT2D eigenvalue weighted by Gasteiger charge is 2.61. The number of benzene rings is 6. The molecule has 0 amide bonds. The zero-order valence-corrected chi connectivity index (χ0v) is 36.9. The summed E-state index contributed by atoms with van der Waals surface area (Å²) < 4.78 is 0. The number of fused-ring (bicyclic) bond motifs is 6. The molecule has 6 aromatic rings. The Morgan fingerprint density at radius 3 is 1.84 bits per heavy atom. The van der Waals surface area contributed by atoms with Crippen LogP contribution < -0.4 is 4.90 Å². The summed E-state index contributed by atoms with van der Waals surface area (Å²) in [5.41, 5.74) is 22.4. The Hall–Kier alpha value is -6.36. The third kappa shape index (κ3) is 5.63. The Morgan fingerprint density at radius 1 is 0.603 bits per heavy atom. The van der Waals surface area contributed by atoms with Gasteiger partial charge in [-0.05, 0) is 184 Å². The summed E-state index contributed by atoms with van der Waals surface area (Å²) in [7, 11) is 0. The second-order valence-electron chi connectivity index (χ2n) is 19.8. The lowest BCUT2D eigenvalue weighted by atomic mass is 9.43. The van der Waals surface area contributed by atoms with Crippen molar-refractivity contribution in [2.75, 3.05) is 4.90 Å². The molecular weight excluding hydrogens is 759 g/mol. The lowest BCUT2D eigenvalue weighted by Crippen LogP contribution is -2.55. The maximum absolute atomic E-state index is 5.94. The van der Waals surface area contributed by atoms with Crippen LogP contribution in [0.5, 0.6) is 0 Å². The second kappa shape index (κ2) is 14.6. The Bertz CT molecular complexity index is 3000. The van der Waals surface area contributed by atoms with Crippen molar-refractivity contribution in [1.82, 2.24) is 0 Å². The van der Waals surface area contributed by atoms with Crippen molar-refractivity contribution in [3.05, 3.63) is 203 Å². The molecule has 0 unspecified atom stereocenters. The molecule has 4 fully saturated rings. The van der Waals surface area contributed by atoms with Gasteiger partial charge < -0.3 is 4.90 Å². The number of para-hydroxylation sites is 1. The molecule has 1 spiro atoms. The minimum absolute atomic E-state index is 0.0709. The number of hydrogen-bond donors (Lipinski definition) is 0. The zero-order chi connectivity index (χ0) is 42.5. The van der Waals surface area contributed by atoms with E-state index in [1.54, 1.807) is 11.1 Å². The SMILES string of the molecule is C#C/C=C(\C=C/C)C1=C(c2ccccc2-c2ccccc2N(c2ccc3c(c2)C(C)(C)c2ccccc2-3)c2ccc3c(c2)C2(c4ccccc4-3)C3CC4CC(C3)CC2C4)C=CCC1. The van der Waals surface area contributed by atoms with E-state index in [0.717, 1.165) is 30.3 Å². The van der Waals surface area contributed by atoms with Gasteiger partial charge in [-0.2, -0.15) is 0 Å². The molecule has 0 radical (unpaired) electrons. The fourth-order valence-electron chi connectivity index (χ4n) is 14.1. The van der Waals surface area contributed by atoms with Crippen molar-refractivity contribution in [1.29, 1.82) is 0 Å². The molecule has 6 aromatic carbocycles. The van der Waals surface area contributed by atoms with Gasteiger partial charge in [0.2, 0.25) is 0 Å². The van der Waals surface area contributed by atoms with E-state index >= 15 is 0 Å². The van der Waals surface area contributed by atoms with E-state index in [0.29, 0.717) is 11.8 Å². The predicted octanol–water partition coefficient (Wildman–Crippen LogP) is 16.1. The maximum atomic E-state index is 5.94. The number of nitrogens with zero attached hydrogens (tertiary/aromatic N) is 1. The maximum Gasteiger partial charge on any atom is 0.0540 e. The minimum atomic E-state index is -0.128. The van der Waals surface area contributed by atoms with Crippen molar-refractivity contribution >= 4 is 22.6 Å². The first-order valence-electron chi connectivity index (χ1n) is 23.6.